The predicted octanol–water partition coefficient (Wildman–Crippen LogP) is 2.70. The molecule has 2 aromatic carbocycles. The van der Waals surface area contributed by atoms with E-state index in [9.17, 15) is 9.59 Å². The molecular weight excluding hydrogens is 408 g/mol. The fourth-order valence-corrected chi connectivity index (χ4v) is 3.51. The van der Waals surface area contributed by atoms with Crippen molar-refractivity contribution in [3.63, 3.8) is 0 Å². The number of hydrogen-bond acceptors (Lipinski definition) is 5. The molecule has 2 aromatic heterocycles. The molecule has 0 radical (unpaired) electrons. The highest BCUT2D eigenvalue weighted by Crippen LogP contribution is 2.22. The van der Waals surface area contributed by atoms with Gasteiger partial charge in [-0.25, -0.2) is 4.68 Å². The Balaban J connectivity index is 1.39. The van der Waals surface area contributed by atoms with E-state index in [4.69, 9.17) is 9.47 Å². The number of nitrogens with one attached hydrogen (secondary N) is 1. The molecule has 0 aliphatic carbocycles. The Morgan fingerprint density at radius 1 is 1.00 bits per heavy atom. The third-order valence-electron chi connectivity index (χ3n) is 5.18. The highest BCUT2D eigenvalue weighted by molar-refractivity contribution is 5.81. The smallest absolute Gasteiger partial charge is 0.267 e. The quantitative estimate of drug-likeness (QED) is 0.463. The Morgan fingerprint density at radius 2 is 1.81 bits per heavy atom. The number of hydrogen-bond donors (Lipinski definition) is 1. The summed E-state index contributed by atoms with van der Waals surface area (Å²) in [5.74, 6) is 1.22. The Morgan fingerprint density at radius 3 is 2.62 bits per heavy atom. The molecule has 1 N–H and O–H groups in total. The zero-order valence-electron chi connectivity index (χ0n) is 17.9. The summed E-state index contributed by atoms with van der Waals surface area (Å²) in [4.78, 5) is 24.6. The molecule has 0 unspecified atom stereocenters. The van der Waals surface area contributed by atoms with Gasteiger partial charge in [0.15, 0.2) is 0 Å². The molecule has 0 aliphatic heterocycles. The van der Waals surface area contributed by atoms with Crippen molar-refractivity contribution < 1.29 is 14.3 Å². The minimum atomic E-state index is -0.336. The lowest BCUT2D eigenvalue weighted by Gasteiger charge is -2.10. The third-order valence-corrected chi connectivity index (χ3v) is 5.18. The fourth-order valence-electron chi connectivity index (χ4n) is 3.51. The van der Waals surface area contributed by atoms with Gasteiger partial charge in [0.1, 0.15) is 18.0 Å². The molecule has 0 saturated heterocycles. The van der Waals surface area contributed by atoms with Crippen LogP contribution in [-0.2, 0) is 17.9 Å². The van der Waals surface area contributed by atoms with Crippen LogP contribution in [0.2, 0.25) is 0 Å². The molecule has 0 aliphatic rings. The van der Waals surface area contributed by atoms with Gasteiger partial charge in [-0.3, -0.25) is 9.59 Å². The van der Waals surface area contributed by atoms with Gasteiger partial charge in [0.2, 0.25) is 5.91 Å². The molecule has 0 saturated carbocycles. The van der Waals surface area contributed by atoms with Crippen molar-refractivity contribution in [1.82, 2.24) is 19.7 Å². The first-order valence-electron chi connectivity index (χ1n) is 10.2. The molecule has 0 fully saturated rings. The van der Waals surface area contributed by atoms with E-state index in [2.05, 4.69) is 15.0 Å². The Bertz CT molecular complexity index is 1310. The van der Waals surface area contributed by atoms with Crippen molar-refractivity contribution in [3.05, 3.63) is 77.2 Å². The van der Waals surface area contributed by atoms with Crippen molar-refractivity contribution >= 4 is 16.8 Å². The maximum Gasteiger partial charge on any atom is 0.267 e. The summed E-state index contributed by atoms with van der Waals surface area (Å²) in [5, 5.41) is 8.27. The molecule has 4 rings (SSSR count). The van der Waals surface area contributed by atoms with E-state index in [0.717, 1.165) is 22.2 Å². The van der Waals surface area contributed by atoms with Crippen LogP contribution in [0.25, 0.3) is 22.2 Å². The molecule has 4 aromatic rings. The van der Waals surface area contributed by atoms with E-state index in [1.807, 2.05) is 54.7 Å². The largest absolute Gasteiger partial charge is 0.497 e. The summed E-state index contributed by atoms with van der Waals surface area (Å²) in [6, 6.07) is 18.3. The number of amides is 1. The molecule has 32 heavy (non-hydrogen) atoms. The van der Waals surface area contributed by atoms with Crippen LogP contribution in [0, 0.1) is 0 Å². The van der Waals surface area contributed by atoms with Gasteiger partial charge in [0.25, 0.3) is 5.56 Å². The van der Waals surface area contributed by atoms with Crippen LogP contribution in [0.4, 0.5) is 0 Å². The number of benzene rings is 2. The average Bonchev–Trinajstić information content (AvgIpc) is 3.22. The van der Waals surface area contributed by atoms with Crippen LogP contribution in [0.5, 0.6) is 11.5 Å². The van der Waals surface area contributed by atoms with Gasteiger partial charge < -0.3 is 19.4 Å². The molecule has 2 heterocycles. The molecule has 8 heteroatoms. The zero-order valence-corrected chi connectivity index (χ0v) is 17.9. The van der Waals surface area contributed by atoms with E-state index in [1.54, 1.807) is 20.3 Å². The van der Waals surface area contributed by atoms with E-state index in [0.29, 0.717) is 24.5 Å². The van der Waals surface area contributed by atoms with Gasteiger partial charge in [-0.2, -0.15) is 5.10 Å². The van der Waals surface area contributed by atoms with Gasteiger partial charge in [-0.05, 0) is 42.5 Å². The maximum absolute atomic E-state index is 12.4. The van der Waals surface area contributed by atoms with E-state index in [1.165, 1.54) is 10.7 Å². The molecule has 0 atom stereocenters. The number of aromatic nitrogens is 3. The third kappa shape index (κ3) is 4.64. The average molecular weight is 432 g/mol. The second kappa shape index (κ2) is 9.38. The topological polar surface area (TPSA) is 87.4 Å². The minimum Gasteiger partial charge on any atom is -0.497 e. The summed E-state index contributed by atoms with van der Waals surface area (Å²) in [6.45, 7) is 0.882. The monoisotopic (exact) mass is 432 g/mol. The molecule has 8 nitrogen and oxygen atoms in total. The second-order valence-corrected chi connectivity index (χ2v) is 7.23. The van der Waals surface area contributed by atoms with E-state index < -0.39 is 0 Å². The Labute approximate surface area is 185 Å². The van der Waals surface area contributed by atoms with Crippen molar-refractivity contribution in [2.75, 3.05) is 20.8 Å². The number of carbonyl (C=O) groups excluding carboxylic acids is 1. The lowest BCUT2D eigenvalue weighted by molar-refractivity contribution is -0.121. The Hall–Kier alpha value is -4.07. The number of nitrogens with zero attached hydrogens (tertiary/aromatic N) is 3. The number of rotatable bonds is 8. The molecule has 0 bridgehead atoms. The first kappa shape index (κ1) is 21.2. The standard InChI is InChI=1S/C24H24N4O4/c1-31-19-5-3-4-17(14-19)21-7-9-24(30)28(26-21)16-23(29)25-11-13-27-12-10-18-15-20(32-2)6-8-22(18)27/h3-10,12,14-15H,11,13,16H2,1-2H3,(H,25,29). The van der Waals surface area contributed by atoms with Gasteiger partial charge in [-0.1, -0.05) is 12.1 Å². The van der Waals surface area contributed by atoms with E-state index in [-0.39, 0.29) is 18.0 Å². The highest BCUT2D eigenvalue weighted by atomic mass is 16.5. The highest BCUT2D eigenvalue weighted by Gasteiger charge is 2.09. The zero-order chi connectivity index (χ0) is 22.5. The number of methoxy groups -OCH3 is 2. The second-order valence-electron chi connectivity index (χ2n) is 7.23. The van der Waals surface area contributed by atoms with Crippen molar-refractivity contribution in [1.29, 1.82) is 0 Å². The number of carbonyl (C=O) groups is 1. The van der Waals surface area contributed by atoms with Gasteiger partial charge in [0.05, 0.1) is 19.9 Å². The number of fused-ring (bicyclic) bond motifs is 1. The normalized spacial score (nSPS) is 10.8. The van der Waals surface area contributed by atoms with Gasteiger partial charge >= 0.3 is 0 Å². The summed E-state index contributed by atoms with van der Waals surface area (Å²) in [7, 11) is 3.23. The van der Waals surface area contributed by atoms with Crippen LogP contribution in [0.3, 0.4) is 0 Å². The van der Waals surface area contributed by atoms with Gasteiger partial charge in [0, 0.05) is 41.8 Å². The lowest BCUT2D eigenvalue weighted by Crippen LogP contribution is -2.35. The summed E-state index contributed by atoms with van der Waals surface area (Å²) in [6.07, 6.45) is 1.97. The van der Waals surface area contributed by atoms with E-state index >= 15 is 0 Å². The first-order chi connectivity index (χ1) is 15.6. The molecule has 1 amide bonds. The number of ether oxygens (including phenoxy) is 2. The lowest BCUT2D eigenvalue weighted by atomic mass is 10.1. The fraction of sp³-hybridized carbons (Fsp3) is 0.208. The van der Waals surface area contributed by atoms with Crippen molar-refractivity contribution in [2.45, 2.75) is 13.1 Å². The molecular formula is C24H24N4O4. The summed E-state index contributed by atoms with van der Waals surface area (Å²) < 4.78 is 13.7. The summed E-state index contributed by atoms with van der Waals surface area (Å²) >= 11 is 0. The minimum absolute atomic E-state index is 0.153. The first-order valence-corrected chi connectivity index (χ1v) is 10.2. The van der Waals surface area contributed by atoms with Crippen molar-refractivity contribution in [3.8, 4) is 22.8 Å². The predicted molar refractivity (Wildman–Crippen MR) is 122 cm³/mol. The molecule has 0 spiro atoms. The SMILES string of the molecule is COc1cccc(-c2ccc(=O)n(CC(=O)NCCn3ccc4cc(OC)ccc43)n2)c1. The van der Waals surface area contributed by atoms with Gasteiger partial charge in [-0.15, -0.1) is 0 Å². The summed E-state index contributed by atoms with van der Waals surface area (Å²) in [5.41, 5.74) is 2.11. The Kier molecular flexibility index (Phi) is 6.21. The van der Waals surface area contributed by atoms with Crippen molar-refractivity contribution in [2.24, 2.45) is 0 Å². The van der Waals surface area contributed by atoms with Crippen LogP contribution >= 0.6 is 0 Å². The van der Waals surface area contributed by atoms with Crippen LogP contribution < -0.4 is 20.3 Å². The maximum atomic E-state index is 12.4. The van der Waals surface area contributed by atoms with Crippen LogP contribution in [0.1, 0.15) is 0 Å². The van der Waals surface area contributed by atoms with Crippen LogP contribution in [-0.4, -0.2) is 41.0 Å². The van der Waals surface area contributed by atoms with Crippen LogP contribution in [0.15, 0.2) is 71.7 Å². The molecule has 164 valence electrons.